The van der Waals surface area contributed by atoms with Gasteiger partial charge in [-0.3, -0.25) is 4.52 Å². The summed E-state index contributed by atoms with van der Waals surface area (Å²) in [6.07, 6.45) is -1.50. The Morgan fingerprint density at radius 2 is 1.88 bits per heavy atom. The van der Waals surface area contributed by atoms with E-state index in [0.29, 0.717) is 0 Å². The first-order valence-corrected chi connectivity index (χ1v) is 13.1. The molecule has 182 valence electrons. The van der Waals surface area contributed by atoms with E-state index in [1.165, 1.54) is 16.8 Å². The number of ether oxygens (including phenoxy) is 1. The number of nitrogens with zero attached hydrogens (tertiary/aromatic N) is 4. The molecule has 1 fully saturated rings. The molecule has 3 heterocycles. The number of hydrogen-bond donors (Lipinski definition) is 7. The first-order chi connectivity index (χ1) is 15.1. The van der Waals surface area contributed by atoms with Crippen LogP contribution in [0.2, 0.25) is 0 Å². The largest absolute Gasteiger partial charge is 0.490 e. The third-order valence-electron chi connectivity index (χ3n) is 4.50. The Labute approximate surface area is 183 Å². The van der Waals surface area contributed by atoms with Gasteiger partial charge in [0.05, 0.1) is 6.61 Å². The molecular formula is C12H17N5O13P3+. The summed E-state index contributed by atoms with van der Waals surface area (Å²) in [5, 5.41) is 34.6. The van der Waals surface area contributed by atoms with Crippen molar-refractivity contribution in [1.82, 2.24) is 10.1 Å². The summed E-state index contributed by atoms with van der Waals surface area (Å²) in [4.78, 5) is 39.5. The number of aromatic nitrogens is 3. The van der Waals surface area contributed by atoms with Crippen LogP contribution in [0.1, 0.15) is 11.7 Å². The monoisotopic (exact) mass is 532 g/mol. The summed E-state index contributed by atoms with van der Waals surface area (Å²) < 4.78 is 52.2. The van der Waals surface area contributed by atoms with E-state index in [0.717, 1.165) is 6.33 Å². The minimum Gasteiger partial charge on any atom is -0.387 e. The van der Waals surface area contributed by atoms with Crippen LogP contribution in [-0.2, 0) is 31.6 Å². The van der Waals surface area contributed by atoms with Crippen molar-refractivity contribution in [3.8, 4) is 6.07 Å². The number of rotatable bonds is 8. The highest BCUT2D eigenvalue weighted by atomic mass is 31.3. The van der Waals surface area contributed by atoms with Crippen molar-refractivity contribution < 1.29 is 66.0 Å². The lowest BCUT2D eigenvalue weighted by Gasteiger charge is -2.25. The Balaban J connectivity index is 1.76. The first-order valence-electron chi connectivity index (χ1n) is 8.55. The van der Waals surface area contributed by atoms with Gasteiger partial charge in [0, 0.05) is 11.2 Å². The highest BCUT2D eigenvalue weighted by Gasteiger charge is 2.64. The molecule has 0 amide bonds. The number of fused-ring (bicyclic) bond motifs is 1. The fourth-order valence-electron chi connectivity index (χ4n) is 3.21. The van der Waals surface area contributed by atoms with Crippen LogP contribution >= 0.6 is 23.5 Å². The third-order valence-corrected chi connectivity index (χ3v) is 8.31. The molecule has 33 heavy (non-hydrogen) atoms. The molecule has 2 aliphatic heterocycles. The Morgan fingerprint density at radius 1 is 1.21 bits per heavy atom. The van der Waals surface area contributed by atoms with Crippen LogP contribution in [0.25, 0.3) is 6.08 Å². The third kappa shape index (κ3) is 5.37. The summed E-state index contributed by atoms with van der Waals surface area (Å²) in [5.74, 6) is 0.0501. The lowest BCUT2D eigenvalue weighted by Crippen LogP contribution is -2.58. The van der Waals surface area contributed by atoms with Crippen molar-refractivity contribution in [1.29, 1.82) is 5.26 Å². The average molecular weight is 532 g/mol. The SMILES string of the molecule is N#C[C@@]1(C2C=Cc3c(N)ncn[n+]32)O[C@H](COP(=O)(O)OP(=O)(O)OP(=O)(O)O)[C@@H](O)[C@H]1O. The zero-order chi connectivity index (χ0) is 24.8. The van der Waals surface area contributed by atoms with Gasteiger partial charge < -0.3 is 40.3 Å². The maximum absolute atomic E-state index is 11.9. The number of nitriles is 1. The number of hydrogen-bond acceptors (Lipinski definition) is 13. The van der Waals surface area contributed by atoms with Gasteiger partial charge in [-0.1, -0.05) is 4.68 Å². The van der Waals surface area contributed by atoms with Crippen molar-refractivity contribution in [2.45, 2.75) is 30.0 Å². The number of phosphoric ester groups is 1. The van der Waals surface area contributed by atoms with Crippen LogP contribution in [0.4, 0.5) is 5.82 Å². The number of nitrogens with two attached hydrogens (primary N) is 1. The lowest BCUT2D eigenvalue weighted by molar-refractivity contribution is -0.775. The summed E-state index contributed by atoms with van der Waals surface area (Å²) in [6, 6.07) is 0.615. The molecule has 1 aromatic heterocycles. The van der Waals surface area contributed by atoms with Crippen LogP contribution in [0.5, 0.6) is 0 Å². The number of phosphoric acid groups is 3. The van der Waals surface area contributed by atoms with Crippen LogP contribution < -0.4 is 10.4 Å². The summed E-state index contributed by atoms with van der Waals surface area (Å²) >= 11 is 0. The number of aliphatic hydroxyl groups excluding tert-OH is 2. The van der Waals surface area contributed by atoms with Crippen molar-refractivity contribution >= 4 is 35.4 Å². The van der Waals surface area contributed by atoms with Crippen molar-refractivity contribution in [2.75, 3.05) is 12.3 Å². The molecule has 0 bridgehead atoms. The molecular weight excluding hydrogens is 515 g/mol. The summed E-state index contributed by atoms with van der Waals surface area (Å²) in [7, 11) is -16.9. The van der Waals surface area contributed by atoms with Crippen molar-refractivity contribution in [3.05, 3.63) is 18.1 Å². The molecule has 1 saturated heterocycles. The molecule has 21 heteroatoms. The predicted octanol–water partition coefficient (Wildman–Crippen LogP) is -2.36. The smallest absolute Gasteiger partial charge is 0.387 e. The molecule has 0 saturated carbocycles. The minimum atomic E-state index is -5.76. The molecule has 1 aromatic rings. The van der Waals surface area contributed by atoms with E-state index in [1.807, 2.05) is 0 Å². The van der Waals surface area contributed by atoms with Gasteiger partial charge in [0.25, 0.3) is 11.3 Å². The van der Waals surface area contributed by atoms with Crippen LogP contribution in [0.15, 0.2) is 12.4 Å². The van der Waals surface area contributed by atoms with E-state index < -0.39 is 60.0 Å². The van der Waals surface area contributed by atoms with Gasteiger partial charge in [-0.15, -0.1) is 0 Å². The van der Waals surface area contributed by atoms with Crippen LogP contribution in [0.3, 0.4) is 0 Å². The minimum absolute atomic E-state index is 0.0501. The van der Waals surface area contributed by atoms with Gasteiger partial charge in [-0.2, -0.15) is 13.9 Å². The molecule has 0 aromatic carbocycles. The van der Waals surface area contributed by atoms with Crippen molar-refractivity contribution in [3.63, 3.8) is 0 Å². The number of nitrogen functional groups attached to an aromatic ring is 1. The van der Waals surface area contributed by atoms with Crippen molar-refractivity contribution in [2.24, 2.45) is 0 Å². The van der Waals surface area contributed by atoms with Gasteiger partial charge in [-0.25, -0.2) is 18.7 Å². The zero-order valence-electron chi connectivity index (χ0n) is 16.0. The Morgan fingerprint density at radius 3 is 2.48 bits per heavy atom. The first kappa shape index (κ1) is 25.9. The van der Waals surface area contributed by atoms with E-state index >= 15 is 0 Å². The van der Waals surface area contributed by atoms with Gasteiger partial charge in [-0.05, 0) is 6.08 Å². The van der Waals surface area contributed by atoms with E-state index in [4.69, 9.17) is 25.2 Å². The van der Waals surface area contributed by atoms with E-state index in [9.17, 15) is 34.1 Å². The molecule has 3 rings (SSSR count). The summed E-state index contributed by atoms with van der Waals surface area (Å²) in [5.41, 5.74) is 3.83. The maximum atomic E-state index is 11.9. The molecule has 7 atom stereocenters. The Hall–Kier alpha value is -1.67. The highest BCUT2D eigenvalue weighted by Crippen LogP contribution is 2.66. The second-order valence-electron chi connectivity index (χ2n) is 6.66. The molecule has 3 unspecified atom stereocenters. The molecule has 18 nitrogen and oxygen atoms in total. The maximum Gasteiger partial charge on any atom is 0.490 e. The lowest BCUT2D eigenvalue weighted by atomic mass is 9.88. The fourth-order valence-corrected chi connectivity index (χ4v) is 6.24. The average Bonchev–Trinajstić information content (AvgIpc) is 3.20. The Bertz CT molecular complexity index is 1150. The van der Waals surface area contributed by atoms with Gasteiger partial charge in [0.2, 0.25) is 11.9 Å². The van der Waals surface area contributed by atoms with Crippen LogP contribution in [-0.4, -0.2) is 70.4 Å². The van der Waals surface area contributed by atoms with Gasteiger partial charge >= 0.3 is 23.5 Å². The number of aliphatic hydroxyl groups is 2. The van der Waals surface area contributed by atoms with E-state index in [2.05, 4.69) is 23.2 Å². The van der Waals surface area contributed by atoms with Crippen LogP contribution in [0, 0.1) is 11.3 Å². The van der Waals surface area contributed by atoms with Gasteiger partial charge in [0.1, 0.15) is 24.4 Å². The Kier molecular flexibility index (Phi) is 6.95. The van der Waals surface area contributed by atoms with E-state index in [1.54, 1.807) is 6.07 Å². The predicted molar refractivity (Wildman–Crippen MR) is 99.8 cm³/mol. The second kappa shape index (κ2) is 8.84. The quantitative estimate of drug-likeness (QED) is 0.136. The topological polar surface area (TPSA) is 289 Å². The fraction of sp³-hybridized carbons (Fsp3) is 0.500. The molecule has 0 spiro atoms. The van der Waals surface area contributed by atoms with E-state index in [-0.39, 0.29) is 11.5 Å². The normalized spacial score (nSPS) is 32.6. The molecule has 8 N–H and O–H groups in total. The van der Waals surface area contributed by atoms with Gasteiger partial charge in [0.15, 0.2) is 6.33 Å². The standard InChI is InChI=1S/C12H16N5O13P3/c13-4-12(8-2-1-6-11(14)15-5-16-17(6)8)10(19)9(18)7(28-12)3-27-32(23,24)30-33(25,26)29-31(20,21)22/h1-2,5,7-10,18-19H,3H2,(H5-,14,15,16,20,21,22,23,24,25,26)/p+1/t7-,8?,9-,10-,12+/m1/s1. The molecule has 2 aliphatic rings. The number of anilines is 1. The zero-order valence-corrected chi connectivity index (χ0v) is 18.7. The molecule has 0 aliphatic carbocycles. The molecule has 0 radical (unpaired) electrons. The highest BCUT2D eigenvalue weighted by molar-refractivity contribution is 7.66. The second-order valence-corrected chi connectivity index (χ2v) is 11.1. The summed E-state index contributed by atoms with van der Waals surface area (Å²) in [6.45, 7) is -1.08.